The predicted octanol–water partition coefficient (Wildman–Crippen LogP) is 5.09. The van der Waals surface area contributed by atoms with Crippen LogP contribution in [0.4, 0.5) is 0 Å². The quantitative estimate of drug-likeness (QED) is 0.344. The van der Waals surface area contributed by atoms with Gasteiger partial charge in [0.1, 0.15) is 12.7 Å². The fourth-order valence-electron chi connectivity index (χ4n) is 9.36. The second kappa shape index (κ2) is 11.8. The van der Waals surface area contributed by atoms with Gasteiger partial charge < -0.3 is 24.8 Å². The Hall–Kier alpha value is -1.44. The van der Waals surface area contributed by atoms with Gasteiger partial charge in [0.25, 0.3) is 0 Å². The first-order valence-electron chi connectivity index (χ1n) is 15.5. The minimum absolute atomic E-state index is 0.216. The predicted molar refractivity (Wildman–Crippen MR) is 148 cm³/mol. The van der Waals surface area contributed by atoms with E-state index in [4.69, 9.17) is 9.47 Å². The molecule has 0 unspecified atom stereocenters. The Morgan fingerprint density at radius 1 is 1.18 bits per heavy atom. The normalized spacial score (nSPS) is 40.1. The molecule has 3 saturated carbocycles. The Morgan fingerprint density at radius 2 is 1.87 bits per heavy atom. The lowest BCUT2D eigenvalue weighted by molar-refractivity contribution is -0.327. The van der Waals surface area contributed by atoms with Crippen LogP contribution in [0.2, 0.25) is 0 Å². The van der Waals surface area contributed by atoms with E-state index in [1.807, 2.05) is 6.92 Å². The first kappa shape index (κ1) is 30.5. The molecule has 1 aliphatic heterocycles. The molecule has 222 valence electrons. The average molecular weight is 549 g/mol. The molecule has 39 heavy (non-hydrogen) atoms. The smallest absolute Gasteiger partial charge is 0.331 e. The summed E-state index contributed by atoms with van der Waals surface area (Å²) in [4.78, 5) is 24.2. The van der Waals surface area contributed by atoms with Crippen molar-refractivity contribution in [2.45, 2.75) is 136 Å². The third-order valence-electron chi connectivity index (χ3n) is 11.2. The van der Waals surface area contributed by atoms with Crippen molar-refractivity contribution in [2.24, 2.45) is 34.5 Å². The molecule has 0 saturated heterocycles. The monoisotopic (exact) mass is 548 g/mol. The minimum Gasteiger partial charge on any atom is -0.462 e. The second-order valence-electron chi connectivity index (χ2n) is 13.9. The number of carbonyl (C=O) groups is 2. The van der Waals surface area contributed by atoms with Crippen LogP contribution >= 0.6 is 0 Å². The van der Waals surface area contributed by atoms with Crippen molar-refractivity contribution in [1.29, 1.82) is 0 Å². The van der Waals surface area contributed by atoms with Gasteiger partial charge in [-0.3, -0.25) is 4.79 Å². The summed E-state index contributed by atoms with van der Waals surface area (Å²) in [5.74, 6) is -0.727. The minimum atomic E-state index is -1.42. The Labute approximate surface area is 234 Å². The van der Waals surface area contributed by atoms with Gasteiger partial charge in [0.15, 0.2) is 0 Å². The number of rotatable bonds is 9. The first-order chi connectivity index (χ1) is 18.4. The molecule has 7 nitrogen and oxygen atoms in total. The molecule has 3 fully saturated rings. The van der Waals surface area contributed by atoms with Gasteiger partial charge in [-0.05, 0) is 86.5 Å². The number of aliphatic hydroxyl groups is 3. The van der Waals surface area contributed by atoms with E-state index in [2.05, 4.69) is 20.8 Å². The molecule has 1 heterocycles. The van der Waals surface area contributed by atoms with Crippen LogP contribution in [0.5, 0.6) is 0 Å². The van der Waals surface area contributed by atoms with E-state index in [1.54, 1.807) is 0 Å². The van der Waals surface area contributed by atoms with Crippen molar-refractivity contribution in [3.05, 3.63) is 11.6 Å². The van der Waals surface area contributed by atoms with Crippen molar-refractivity contribution >= 4 is 11.9 Å². The highest BCUT2D eigenvalue weighted by Gasteiger charge is 2.74. The Balaban J connectivity index is 1.88. The van der Waals surface area contributed by atoms with E-state index in [0.29, 0.717) is 43.9 Å². The molecular formula is C32H52O7. The molecule has 8 atom stereocenters. The number of ether oxygens (including phenoxy) is 2. The molecule has 0 aromatic carbocycles. The van der Waals surface area contributed by atoms with Crippen LogP contribution in [0.3, 0.4) is 0 Å². The SMILES string of the molecule is CC(=O)O[C@@H]1C[C@@H](C)[C@](O)(CCC2=CC(=O)OC2)[C@]2([C@@H](O)CCC(C)C)[C@@H]1[C@](C)(C1CCCCC1)CC[C@@H]2O. The average Bonchev–Trinajstić information content (AvgIpc) is 3.31. The highest BCUT2D eigenvalue weighted by atomic mass is 16.5. The van der Waals surface area contributed by atoms with Crippen LogP contribution in [-0.4, -0.2) is 57.8 Å². The lowest BCUT2D eigenvalue weighted by Crippen LogP contribution is -2.77. The van der Waals surface area contributed by atoms with Gasteiger partial charge in [-0.1, -0.05) is 47.0 Å². The maximum absolute atomic E-state index is 13.0. The van der Waals surface area contributed by atoms with E-state index >= 15 is 0 Å². The van der Waals surface area contributed by atoms with E-state index in [1.165, 1.54) is 19.4 Å². The number of hydrogen-bond donors (Lipinski definition) is 3. The topological polar surface area (TPSA) is 113 Å². The van der Waals surface area contributed by atoms with Gasteiger partial charge in [-0.15, -0.1) is 0 Å². The number of aliphatic hydroxyl groups excluding tert-OH is 2. The fraction of sp³-hybridized carbons (Fsp3) is 0.875. The van der Waals surface area contributed by atoms with Crippen molar-refractivity contribution < 1.29 is 34.4 Å². The lowest BCUT2D eigenvalue weighted by Gasteiger charge is -2.70. The number of esters is 2. The van der Waals surface area contributed by atoms with E-state index in [9.17, 15) is 24.9 Å². The van der Waals surface area contributed by atoms with Crippen LogP contribution in [0.25, 0.3) is 0 Å². The van der Waals surface area contributed by atoms with Gasteiger partial charge in [0.05, 0.1) is 23.2 Å². The van der Waals surface area contributed by atoms with Crippen LogP contribution in [0.1, 0.15) is 112 Å². The number of fused-ring (bicyclic) bond motifs is 1. The van der Waals surface area contributed by atoms with Crippen molar-refractivity contribution in [2.75, 3.05) is 6.61 Å². The van der Waals surface area contributed by atoms with Crippen molar-refractivity contribution in [3.8, 4) is 0 Å². The van der Waals surface area contributed by atoms with E-state index in [0.717, 1.165) is 44.1 Å². The Kier molecular flexibility index (Phi) is 9.24. The van der Waals surface area contributed by atoms with Crippen LogP contribution in [-0.2, 0) is 19.1 Å². The van der Waals surface area contributed by atoms with Crippen molar-refractivity contribution in [1.82, 2.24) is 0 Å². The van der Waals surface area contributed by atoms with Gasteiger partial charge in [-0.25, -0.2) is 4.79 Å². The van der Waals surface area contributed by atoms with Crippen LogP contribution in [0.15, 0.2) is 11.6 Å². The maximum Gasteiger partial charge on any atom is 0.331 e. The fourth-order valence-corrected chi connectivity index (χ4v) is 9.36. The molecule has 0 radical (unpaired) electrons. The third-order valence-corrected chi connectivity index (χ3v) is 11.2. The van der Waals surface area contributed by atoms with E-state index in [-0.39, 0.29) is 35.8 Å². The zero-order chi connectivity index (χ0) is 28.6. The number of cyclic esters (lactones) is 1. The Morgan fingerprint density at radius 3 is 2.46 bits per heavy atom. The molecule has 7 heteroatoms. The highest BCUT2D eigenvalue weighted by molar-refractivity contribution is 5.85. The highest BCUT2D eigenvalue weighted by Crippen LogP contribution is 2.69. The number of carbonyl (C=O) groups excluding carboxylic acids is 2. The largest absolute Gasteiger partial charge is 0.462 e. The standard InChI is InChI=1S/C32H52O7/c1-20(2)11-12-26(34)32-27(35)14-15-30(5,24-9-7-6-8-10-24)29(32)25(39-22(4)33)17-21(3)31(32,37)16-13-23-18-28(36)38-19-23/h18,20-21,24-27,29,34-35,37H,6-17,19H2,1-5H3/t21-,25-,26+,27+,29+,30+,31-,32+/m1/s1. The summed E-state index contributed by atoms with van der Waals surface area (Å²) in [7, 11) is 0. The summed E-state index contributed by atoms with van der Waals surface area (Å²) in [5.41, 5.74) is -2.18. The van der Waals surface area contributed by atoms with Gasteiger partial charge in [-0.2, -0.15) is 0 Å². The summed E-state index contributed by atoms with van der Waals surface area (Å²) >= 11 is 0. The summed E-state index contributed by atoms with van der Waals surface area (Å²) in [6.45, 7) is 10.1. The number of hydrogen-bond acceptors (Lipinski definition) is 7. The molecule has 4 aliphatic rings. The van der Waals surface area contributed by atoms with Gasteiger partial charge in [0.2, 0.25) is 0 Å². The summed E-state index contributed by atoms with van der Waals surface area (Å²) in [6, 6.07) is 0. The second-order valence-corrected chi connectivity index (χ2v) is 13.9. The summed E-state index contributed by atoms with van der Waals surface area (Å²) in [5, 5.41) is 37.4. The lowest BCUT2D eigenvalue weighted by atomic mass is 9.37. The van der Waals surface area contributed by atoms with Gasteiger partial charge >= 0.3 is 11.9 Å². The molecule has 0 spiro atoms. The molecular weight excluding hydrogens is 496 g/mol. The maximum atomic E-state index is 13.0. The Bertz CT molecular complexity index is 923. The summed E-state index contributed by atoms with van der Waals surface area (Å²) < 4.78 is 11.2. The first-order valence-corrected chi connectivity index (χ1v) is 15.5. The molecule has 3 N–H and O–H groups in total. The van der Waals surface area contributed by atoms with Crippen LogP contribution in [0, 0.1) is 34.5 Å². The molecule has 0 amide bonds. The van der Waals surface area contributed by atoms with Crippen molar-refractivity contribution in [3.63, 3.8) is 0 Å². The molecule has 0 aromatic heterocycles. The zero-order valence-electron chi connectivity index (χ0n) is 24.8. The molecule has 0 aromatic rings. The zero-order valence-corrected chi connectivity index (χ0v) is 24.8. The van der Waals surface area contributed by atoms with Crippen LogP contribution < -0.4 is 0 Å². The molecule has 0 bridgehead atoms. The van der Waals surface area contributed by atoms with Gasteiger partial charge in [0, 0.05) is 18.9 Å². The molecule has 3 aliphatic carbocycles. The summed E-state index contributed by atoms with van der Waals surface area (Å²) in [6.07, 6.45) is 8.48. The molecule has 4 rings (SSSR count). The van der Waals surface area contributed by atoms with E-state index < -0.39 is 29.3 Å². The third kappa shape index (κ3) is 5.44.